The van der Waals surface area contributed by atoms with E-state index < -0.39 is 0 Å². The van der Waals surface area contributed by atoms with Gasteiger partial charge in [-0.25, -0.2) is 0 Å². The van der Waals surface area contributed by atoms with E-state index >= 15 is 0 Å². The predicted molar refractivity (Wildman–Crippen MR) is 70.1 cm³/mol. The second-order valence-electron chi connectivity index (χ2n) is 4.81. The maximum Gasteiger partial charge on any atom is 0.144 e. The van der Waals surface area contributed by atoms with Crippen molar-refractivity contribution in [3.63, 3.8) is 0 Å². The Morgan fingerprint density at radius 1 is 1.22 bits per heavy atom. The van der Waals surface area contributed by atoms with Gasteiger partial charge in [0.1, 0.15) is 17.0 Å². The lowest BCUT2D eigenvalue weighted by atomic mass is 9.92. The van der Waals surface area contributed by atoms with Gasteiger partial charge in [0.15, 0.2) is 0 Å². The molecule has 4 rings (SSSR count). The molecule has 3 heteroatoms. The number of hydrogen-bond donors (Lipinski definition) is 0. The van der Waals surface area contributed by atoms with Crippen LogP contribution in [0.2, 0.25) is 0 Å². The average Bonchev–Trinajstić information content (AvgIpc) is 2.85. The largest absolute Gasteiger partial charge is 0.497 e. The van der Waals surface area contributed by atoms with Gasteiger partial charge in [0.25, 0.3) is 0 Å². The quantitative estimate of drug-likeness (QED) is 0.652. The molecule has 0 saturated carbocycles. The summed E-state index contributed by atoms with van der Waals surface area (Å²) in [5.74, 6) is 1.90. The molecule has 0 bridgehead atoms. The van der Waals surface area contributed by atoms with Crippen molar-refractivity contribution in [3.05, 3.63) is 35.6 Å². The van der Waals surface area contributed by atoms with E-state index in [1.54, 1.807) is 7.11 Å². The van der Waals surface area contributed by atoms with E-state index in [2.05, 4.69) is 17.3 Å². The number of aryl methyl sites for hydroxylation is 2. The van der Waals surface area contributed by atoms with Gasteiger partial charge in [-0.2, -0.15) is 0 Å². The zero-order valence-electron chi connectivity index (χ0n) is 10.2. The van der Waals surface area contributed by atoms with Crippen molar-refractivity contribution >= 4 is 21.7 Å². The van der Waals surface area contributed by atoms with Crippen LogP contribution in [0, 0.1) is 0 Å². The van der Waals surface area contributed by atoms with Gasteiger partial charge in [0.2, 0.25) is 0 Å². The molecular formula is C15H13NO2. The second kappa shape index (κ2) is 3.48. The highest BCUT2D eigenvalue weighted by atomic mass is 16.5. The number of aromatic nitrogens is 1. The maximum absolute atomic E-state index is 5.49. The van der Waals surface area contributed by atoms with E-state index in [4.69, 9.17) is 9.26 Å². The third-order valence-corrected chi connectivity index (χ3v) is 3.78. The first-order valence-corrected chi connectivity index (χ1v) is 6.25. The Morgan fingerprint density at radius 2 is 2.17 bits per heavy atom. The van der Waals surface area contributed by atoms with Crippen LogP contribution in [0.4, 0.5) is 0 Å². The van der Waals surface area contributed by atoms with E-state index in [-0.39, 0.29) is 0 Å². The number of nitrogens with zero attached hydrogens (tertiary/aromatic N) is 1. The van der Waals surface area contributed by atoms with Crippen LogP contribution in [0.25, 0.3) is 21.7 Å². The van der Waals surface area contributed by atoms with E-state index in [0.29, 0.717) is 0 Å². The topological polar surface area (TPSA) is 35.3 Å². The number of hydrogen-bond acceptors (Lipinski definition) is 3. The van der Waals surface area contributed by atoms with Crippen molar-refractivity contribution in [2.24, 2.45) is 0 Å². The number of benzene rings is 2. The number of fused-ring (bicyclic) bond motifs is 2. The Bertz CT molecular complexity index is 758. The Morgan fingerprint density at radius 3 is 3.06 bits per heavy atom. The van der Waals surface area contributed by atoms with Crippen LogP contribution < -0.4 is 4.74 Å². The lowest BCUT2D eigenvalue weighted by Gasteiger charge is -2.11. The molecule has 3 aromatic rings. The normalized spacial score (nSPS) is 14.3. The summed E-state index contributed by atoms with van der Waals surface area (Å²) in [4.78, 5) is 0. The van der Waals surface area contributed by atoms with Crippen molar-refractivity contribution in [2.75, 3.05) is 7.11 Å². The van der Waals surface area contributed by atoms with Gasteiger partial charge in [-0.05, 0) is 35.9 Å². The molecular weight excluding hydrogens is 226 g/mol. The molecule has 0 unspecified atom stereocenters. The molecule has 1 aliphatic carbocycles. The molecule has 0 atom stereocenters. The van der Waals surface area contributed by atoms with Crippen LogP contribution in [0.1, 0.15) is 17.7 Å². The van der Waals surface area contributed by atoms with Gasteiger partial charge >= 0.3 is 0 Å². The lowest BCUT2D eigenvalue weighted by Crippen LogP contribution is -1.98. The summed E-state index contributed by atoms with van der Waals surface area (Å²) in [6, 6.07) is 8.38. The minimum atomic E-state index is 0.859. The van der Waals surface area contributed by atoms with Gasteiger partial charge in [-0.3, -0.25) is 0 Å². The van der Waals surface area contributed by atoms with Gasteiger partial charge in [0, 0.05) is 17.2 Å². The van der Waals surface area contributed by atoms with Crippen LogP contribution in [0.3, 0.4) is 0 Å². The molecule has 1 heterocycles. The van der Waals surface area contributed by atoms with E-state index in [9.17, 15) is 0 Å². The Hall–Kier alpha value is -2.03. The highest BCUT2D eigenvalue weighted by Crippen LogP contribution is 2.36. The Labute approximate surface area is 104 Å². The molecule has 0 aliphatic heterocycles. The first-order valence-electron chi connectivity index (χ1n) is 6.25. The van der Waals surface area contributed by atoms with Crippen molar-refractivity contribution < 1.29 is 9.26 Å². The summed E-state index contributed by atoms with van der Waals surface area (Å²) in [5.41, 5.74) is 2.35. The van der Waals surface area contributed by atoms with Gasteiger partial charge in [-0.15, -0.1) is 0 Å². The molecule has 0 N–H and O–H groups in total. The standard InChI is InChI=1S/C15H13NO2/c1-17-11-6-5-9-7-10-3-2-4-13-14(10)15(16-18-13)12(9)8-11/h5-8H,2-4H2,1H3. The van der Waals surface area contributed by atoms with Crippen molar-refractivity contribution in [2.45, 2.75) is 19.3 Å². The van der Waals surface area contributed by atoms with E-state index in [1.165, 1.54) is 16.3 Å². The van der Waals surface area contributed by atoms with E-state index in [1.807, 2.05) is 12.1 Å². The van der Waals surface area contributed by atoms with Gasteiger partial charge in [0.05, 0.1) is 7.11 Å². The van der Waals surface area contributed by atoms with Crippen LogP contribution in [0.5, 0.6) is 5.75 Å². The minimum absolute atomic E-state index is 0.859. The fraction of sp³-hybridized carbons (Fsp3) is 0.267. The first-order chi connectivity index (χ1) is 8.86. The molecule has 0 radical (unpaired) electrons. The summed E-state index contributed by atoms with van der Waals surface area (Å²) < 4.78 is 10.8. The van der Waals surface area contributed by atoms with Gasteiger partial charge in [-0.1, -0.05) is 17.3 Å². The molecule has 2 aromatic carbocycles. The molecule has 90 valence electrons. The Balaban J connectivity index is 2.18. The second-order valence-corrected chi connectivity index (χ2v) is 4.81. The fourth-order valence-electron chi connectivity index (χ4n) is 2.90. The van der Waals surface area contributed by atoms with Crippen molar-refractivity contribution in [1.29, 1.82) is 0 Å². The van der Waals surface area contributed by atoms with Crippen molar-refractivity contribution in [1.82, 2.24) is 5.16 Å². The number of methoxy groups -OCH3 is 1. The van der Waals surface area contributed by atoms with Crippen LogP contribution in [-0.4, -0.2) is 12.3 Å². The molecule has 1 aliphatic rings. The van der Waals surface area contributed by atoms with Crippen molar-refractivity contribution in [3.8, 4) is 5.75 Å². The summed E-state index contributed by atoms with van der Waals surface area (Å²) >= 11 is 0. The molecule has 1 aromatic heterocycles. The molecule has 0 spiro atoms. The lowest BCUT2D eigenvalue weighted by molar-refractivity contribution is 0.386. The SMILES string of the molecule is COc1ccc2cc3c4c(onc4c2c1)CCC3. The molecule has 3 nitrogen and oxygen atoms in total. The summed E-state index contributed by atoms with van der Waals surface area (Å²) in [5, 5.41) is 7.81. The minimum Gasteiger partial charge on any atom is -0.497 e. The first kappa shape index (κ1) is 9.95. The van der Waals surface area contributed by atoms with Crippen LogP contribution in [0.15, 0.2) is 28.8 Å². The number of ether oxygens (including phenoxy) is 1. The summed E-state index contributed by atoms with van der Waals surface area (Å²) in [6.45, 7) is 0. The molecule has 0 fully saturated rings. The molecule has 0 saturated heterocycles. The molecule has 0 amide bonds. The third-order valence-electron chi connectivity index (χ3n) is 3.78. The summed E-state index contributed by atoms with van der Waals surface area (Å²) in [7, 11) is 1.68. The Kier molecular flexibility index (Phi) is 1.92. The smallest absolute Gasteiger partial charge is 0.144 e. The predicted octanol–water partition coefficient (Wildman–Crippen LogP) is 3.48. The zero-order chi connectivity index (χ0) is 12.1. The molecule has 18 heavy (non-hydrogen) atoms. The highest BCUT2D eigenvalue weighted by molar-refractivity contribution is 6.08. The third kappa shape index (κ3) is 1.22. The maximum atomic E-state index is 5.49. The number of rotatable bonds is 1. The monoisotopic (exact) mass is 239 g/mol. The van der Waals surface area contributed by atoms with Gasteiger partial charge < -0.3 is 9.26 Å². The average molecular weight is 239 g/mol. The zero-order valence-corrected chi connectivity index (χ0v) is 10.2. The fourth-order valence-corrected chi connectivity index (χ4v) is 2.90. The summed E-state index contributed by atoms with van der Waals surface area (Å²) in [6.07, 6.45) is 3.27. The van der Waals surface area contributed by atoms with Crippen LogP contribution in [-0.2, 0) is 12.8 Å². The van der Waals surface area contributed by atoms with E-state index in [0.717, 1.165) is 41.7 Å². The van der Waals surface area contributed by atoms with Crippen LogP contribution >= 0.6 is 0 Å². The highest BCUT2D eigenvalue weighted by Gasteiger charge is 2.19.